The van der Waals surface area contributed by atoms with Crippen molar-refractivity contribution in [3.8, 4) is 0 Å². The van der Waals surface area contributed by atoms with Crippen LogP contribution in [0.3, 0.4) is 0 Å². The van der Waals surface area contributed by atoms with E-state index in [1.54, 1.807) is 6.07 Å². The highest BCUT2D eigenvalue weighted by molar-refractivity contribution is 5.98. The number of aliphatic hydroxyl groups excluding tert-OH is 1. The molecule has 2 heterocycles. The Labute approximate surface area is 207 Å². The number of amides is 2. The fourth-order valence-electron chi connectivity index (χ4n) is 4.29. The quantitative estimate of drug-likeness (QED) is 0.312. The van der Waals surface area contributed by atoms with Crippen molar-refractivity contribution in [1.29, 1.82) is 0 Å². The molecule has 37 heavy (non-hydrogen) atoms. The second kappa shape index (κ2) is 9.39. The molecule has 12 heteroatoms. The molecule has 188 valence electrons. The van der Waals surface area contributed by atoms with E-state index in [4.69, 9.17) is 0 Å². The van der Waals surface area contributed by atoms with Crippen LogP contribution >= 0.6 is 0 Å². The smallest absolute Gasteiger partial charge is 0.335 e. The van der Waals surface area contributed by atoms with Gasteiger partial charge in [0.1, 0.15) is 17.2 Å². The van der Waals surface area contributed by atoms with E-state index < -0.39 is 41.6 Å². The molecule has 4 N–H and O–H groups in total. The molecule has 0 fully saturated rings. The van der Waals surface area contributed by atoms with Gasteiger partial charge in [-0.2, -0.15) is 5.10 Å². The number of nitrogens with zero attached hydrogens (tertiary/aromatic N) is 3. The van der Waals surface area contributed by atoms with Gasteiger partial charge in [0.05, 0.1) is 23.9 Å². The van der Waals surface area contributed by atoms with Crippen LogP contribution in [0.4, 0.5) is 8.78 Å². The molecule has 2 aromatic carbocycles. The van der Waals surface area contributed by atoms with Crippen LogP contribution in [0.15, 0.2) is 54.7 Å². The summed E-state index contributed by atoms with van der Waals surface area (Å²) in [6, 6.07) is 10.2. The van der Waals surface area contributed by atoms with Crippen molar-refractivity contribution >= 4 is 23.4 Å². The van der Waals surface area contributed by atoms with E-state index in [1.165, 1.54) is 36.4 Å². The fourth-order valence-corrected chi connectivity index (χ4v) is 4.29. The molecule has 1 aliphatic carbocycles. The van der Waals surface area contributed by atoms with E-state index in [0.29, 0.717) is 16.7 Å². The van der Waals surface area contributed by atoms with Crippen LogP contribution < -0.4 is 10.6 Å². The van der Waals surface area contributed by atoms with Crippen LogP contribution in [-0.4, -0.2) is 48.7 Å². The van der Waals surface area contributed by atoms with Crippen molar-refractivity contribution in [2.75, 3.05) is 0 Å². The van der Waals surface area contributed by atoms with Gasteiger partial charge in [0.15, 0.2) is 11.5 Å². The third-order valence-electron chi connectivity index (χ3n) is 6.06. The Kier molecular flexibility index (Phi) is 6.09. The zero-order valence-electron chi connectivity index (χ0n) is 19.0. The lowest BCUT2D eigenvalue weighted by Gasteiger charge is -2.18. The average Bonchev–Trinajstić information content (AvgIpc) is 3.40. The van der Waals surface area contributed by atoms with Gasteiger partial charge in [-0.25, -0.2) is 23.1 Å². The Hall–Kier alpha value is -4.71. The van der Waals surface area contributed by atoms with Gasteiger partial charge in [0.2, 0.25) is 0 Å². The van der Waals surface area contributed by atoms with Gasteiger partial charge >= 0.3 is 5.97 Å². The van der Waals surface area contributed by atoms with Gasteiger partial charge in [-0.3, -0.25) is 9.59 Å². The second-order valence-electron chi connectivity index (χ2n) is 8.51. The number of hydrogen-bond donors (Lipinski definition) is 4. The molecule has 0 radical (unpaired) electrons. The Bertz CT molecular complexity index is 1570. The van der Waals surface area contributed by atoms with Crippen molar-refractivity contribution in [3.63, 3.8) is 0 Å². The molecular formula is C25H19F2N5O5. The van der Waals surface area contributed by atoms with Gasteiger partial charge in [-0.1, -0.05) is 18.2 Å². The molecule has 0 unspecified atom stereocenters. The zero-order valence-corrected chi connectivity index (χ0v) is 19.0. The Morgan fingerprint density at radius 2 is 1.89 bits per heavy atom. The largest absolute Gasteiger partial charge is 0.478 e. The Balaban J connectivity index is 1.42. The number of benzene rings is 2. The molecule has 2 atom stereocenters. The number of carboxylic acids is 1. The van der Waals surface area contributed by atoms with Crippen molar-refractivity contribution in [1.82, 2.24) is 25.2 Å². The monoisotopic (exact) mass is 507 g/mol. The van der Waals surface area contributed by atoms with Crippen LogP contribution in [0.2, 0.25) is 0 Å². The van der Waals surface area contributed by atoms with Gasteiger partial charge in [0, 0.05) is 19.0 Å². The van der Waals surface area contributed by atoms with E-state index in [2.05, 4.69) is 20.7 Å². The first kappa shape index (κ1) is 24.0. The van der Waals surface area contributed by atoms with Gasteiger partial charge in [-0.15, -0.1) is 0 Å². The Morgan fingerprint density at radius 1 is 1.08 bits per heavy atom. The van der Waals surface area contributed by atoms with Gasteiger partial charge in [-0.05, 0) is 41.0 Å². The SMILES string of the molecule is O=C(O)c1ccc2c(c1)C[C@H](O)[C@@H]2NC(=O)c1cc(C(=O)NCc2cccc(F)c2)nc2c(F)cnn12. The van der Waals surface area contributed by atoms with Crippen LogP contribution in [0.5, 0.6) is 0 Å². The summed E-state index contributed by atoms with van der Waals surface area (Å²) in [4.78, 5) is 41.2. The average molecular weight is 507 g/mol. The zero-order chi connectivity index (χ0) is 26.3. The molecule has 5 rings (SSSR count). The normalized spacial score (nSPS) is 16.4. The number of nitrogens with one attached hydrogen (secondary N) is 2. The Morgan fingerprint density at radius 3 is 2.65 bits per heavy atom. The van der Waals surface area contributed by atoms with E-state index in [9.17, 15) is 33.4 Å². The van der Waals surface area contributed by atoms with Crippen molar-refractivity contribution < 1.29 is 33.4 Å². The third kappa shape index (κ3) is 4.61. The van der Waals surface area contributed by atoms with Gasteiger partial charge < -0.3 is 20.8 Å². The van der Waals surface area contributed by atoms with Crippen LogP contribution in [0, 0.1) is 11.6 Å². The van der Waals surface area contributed by atoms with Crippen LogP contribution in [-0.2, 0) is 13.0 Å². The summed E-state index contributed by atoms with van der Waals surface area (Å²) in [5.41, 5.74) is 0.801. The summed E-state index contributed by atoms with van der Waals surface area (Å²) in [6.07, 6.45) is -0.0680. The lowest BCUT2D eigenvalue weighted by Crippen LogP contribution is -2.35. The molecule has 2 aromatic heterocycles. The number of fused-ring (bicyclic) bond motifs is 2. The summed E-state index contributed by atoms with van der Waals surface area (Å²) >= 11 is 0. The maximum Gasteiger partial charge on any atom is 0.335 e. The number of rotatable bonds is 6. The highest BCUT2D eigenvalue weighted by Crippen LogP contribution is 2.32. The number of carbonyl (C=O) groups is 3. The number of aromatic carboxylic acids is 1. The number of carboxylic acid groups (broad SMARTS) is 1. The molecule has 2 amide bonds. The number of hydrogen-bond acceptors (Lipinski definition) is 6. The molecule has 0 bridgehead atoms. The summed E-state index contributed by atoms with van der Waals surface area (Å²) in [6.45, 7) is -0.0316. The molecule has 1 aliphatic rings. The molecule has 0 saturated heterocycles. The van der Waals surface area contributed by atoms with E-state index >= 15 is 0 Å². The maximum atomic E-state index is 14.4. The summed E-state index contributed by atoms with van der Waals surface area (Å²) < 4.78 is 28.7. The molecule has 0 spiro atoms. The van der Waals surface area contributed by atoms with Crippen molar-refractivity contribution in [3.05, 3.63) is 100 Å². The summed E-state index contributed by atoms with van der Waals surface area (Å²) in [5.74, 6) is -3.95. The van der Waals surface area contributed by atoms with Gasteiger partial charge in [0.25, 0.3) is 11.8 Å². The predicted octanol–water partition coefficient (Wildman–Crippen LogP) is 2.02. The lowest BCUT2D eigenvalue weighted by atomic mass is 10.0. The standard InChI is InChI=1S/C25H19F2N5O5/c26-15-3-1-2-12(6-15)10-28-23(34)18-9-19(32-22(30-18)17(27)11-29-32)24(35)31-21-16-5-4-13(25(36)37)7-14(16)8-20(21)33/h1-7,9,11,20-21,33H,8,10H2,(H,28,34)(H,31,35)(H,36,37)/t20-,21+/m0/s1. The minimum absolute atomic E-state index is 0.0316. The van der Waals surface area contributed by atoms with E-state index in [0.717, 1.165) is 16.8 Å². The lowest BCUT2D eigenvalue weighted by molar-refractivity contribution is 0.0696. The summed E-state index contributed by atoms with van der Waals surface area (Å²) in [7, 11) is 0. The molecule has 0 aliphatic heterocycles. The first-order chi connectivity index (χ1) is 17.7. The predicted molar refractivity (Wildman–Crippen MR) is 124 cm³/mol. The number of halogens is 2. The highest BCUT2D eigenvalue weighted by atomic mass is 19.1. The van der Waals surface area contributed by atoms with Crippen LogP contribution in [0.25, 0.3) is 5.65 Å². The van der Waals surface area contributed by atoms with E-state index in [-0.39, 0.29) is 35.6 Å². The minimum Gasteiger partial charge on any atom is -0.478 e. The second-order valence-corrected chi connectivity index (χ2v) is 8.51. The molecule has 10 nitrogen and oxygen atoms in total. The highest BCUT2D eigenvalue weighted by Gasteiger charge is 2.34. The molecule has 0 saturated carbocycles. The van der Waals surface area contributed by atoms with E-state index in [1.807, 2.05) is 0 Å². The molecular weight excluding hydrogens is 488 g/mol. The number of aromatic nitrogens is 3. The van der Waals surface area contributed by atoms with Crippen molar-refractivity contribution in [2.24, 2.45) is 0 Å². The summed E-state index contributed by atoms with van der Waals surface area (Å²) in [5, 5.41) is 28.8. The number of aliphatic hydroxyl groups is 1. The topological polar surface area (TPSA) is 146 Å². The van der Waals surface area contributed by atoms with Crippen LogP contribution in [0.1, 0.15) is 54.1 Å². The fraction of sp³-hybridized carbons (Fsp3) is 0.160. The van der Waals surface area contributed by atoms with Crippen molar-refractivity contribution in [2.45, 2.75) is 25.1 Å². The number of carbonyl (C=O) groups excluding carboxylic acids is 2. The first-order valence-corrected chi connectivity index (χ1v) is 11.1. The third-order valence-corrected chi connectivity index (χ3v) is 6.06. The minimum atomic E-state index is -1.12. The first-order valence-electron chi connectivity index (χ1n) is 11.1. The maximum absolute atomic E-state index is 14.4. The molecule has 4 aromatic rings.